The van der Waals surface area contributed by atoms with E-state index in [0.717, 1.165) is 12.3 Å². The zero-order valence-electron chi connectivity index (χ0n) is 14.7. The maximum atomic E-state index is 5.87. The zero-order valence-corrected chi connectivity index (χ0v) is 14.7. The molecular formula is C19H29NO2. The minimum atomic E-state index is -0.199. The average Bonchev–Trinajstić information content (AvgIpc) is 2.42. The lowest BCUT2D eigenvalue weighted by Gasteiger charge is -2.69. The molecule has 3 unspecified atom stereocenters. The summed E-state index contributed by atoms with van der Waals surface area (Å²) in [6, 6.07) is 6.54. The van der Waals surface area contributed by atoms with E-state index in [2.05, 4.69) is 51.2 Å². The molecule has 1 aromatic rings. The van der Waals surface area contributed by atoms with Crippen LogP contribution in [0.5, 0.6) is 5.75 Å². The first-order chi connectivity index (χ1) is 10.2. The molecule has 2 aliphatic rings. The van der Waals surface area contributed by atoms with E-state index in [1.165, 1.54) is 17.5 Å². The normalized spacial score (nSPS) is 30.6. The van der Waals surface area contributed by atoms with E-state index >= 15 is 0 Å². The fourth-order valence-corrected chi connectivity index (χ4v) is 4.26. The Labute approximate surface area is 134 Å². The van der Waals surface area contributed by atoms with Gasteiger partial charge in [0, 0.05) is 18.6 Å². The molecule has 3 rings (SSSR count). The molecule has 1 aliphatic carbocycles. The van der Waals surface area contributed by atoms with Crippen molar-refractivity contribution in [1.29, 1.82) is 0 Å². The van der Waals surface area contributed by atoms with E-state index in [9.17, 15) is 0 Å². The Morgan fingerprint density at radius 2 is 2.00 bits per heavy atom. The first-order valence-corrected chi connectivity index (χ1v) is 8.40. The van der Waals surface area contributed by atoms with Gasteiger partial charge in [-0.15, -0.1) is 0 Å². The zero-order chi connectivity index (χ0) is 16.2. The molecule has 122 valence electrons. The van der Waals surface area contributed by atoms with E-state index in [4.69, 9.17) is 9.47 Å². The van der Waals surface area contributed by atoms with Crippen molar-refractivity contribution in [1.82, 2.24) is 5.32 Å². The van der Waals surface area contributed by atoms with E-state index in [-0.39, 0.29) is 17.2 Å². The number of nitrogens with one attached hydrogen (secondary N) is 1. The molecule has 1 aliphatic heterocycles. The molecule has 1 fully saturated rings. The predicted octanol–water partition coefficient (Wildman–Crippen LogP) is 3.95. The van der Waals surface area contributed by atoms with E-state index in [1.54, 1.807) is 0 Å². The van der Waals surface area contributed by atoms with E-state index < -0.39 is 0 Å². The van der Waals surface area contributed by atoms with E-state index in [1.807, 2.05) is 13.8 Å². The van der Waals surface area contributed by atoms with E-state index in [0.29, 0.717) is 12.0 Å². The minimum absolute atomic E-state index is 0.157. The largest absolute Gasteiger partial charge is 0.465 e. The predicted molar refractivity (Wildman–Crippen MR) is 89.3 cm³/mol. The van der Waals surface area contributed by atoms with Gasteiger partial charge in [0.05, 0.1) is 5.54 Å². The summed E-state index contributed by atoms with van der Waals surface area (Å²) in [5.74, 6) is 0.914. The van der Waals surface area contributed by atoms with Crippen LogP contribution < -0.4 is 10.1 Å². The van der Waals surface area contributed by atoms with Crippen molar-refractivity contribution in [3.63, 3.8) is 0 Å². The first kappa shape index (κ1) is 15.8. The highest BCUT2D eigenvalue weighted by molar-refractivity contribution is 5.60. The SMILES string of the molecule is CCOC(C)Oc1ccc2c(c1)C1(C)CNC21CC(C)(C)C. The monoisotopic (exact) mass is 303 g/mol. The Morgan fingerprint density at radius 1 is 1.27 bits per heavy atom. The van der Waals surface area contributed by atoms with Crippen molar-refractivity contribution < 1.29 is 9.47 Å². The molecule has 1 saturated heterocycles. The number of hydrogen-bond donors (Lipinski definition) is 1. The van der Waals surface area contributed by atoms with Gasteiger partial charge >= 0.3 is 0 Å². The molecule has 0 amide bonds. The number of ether oxygens (including phenoxy) is 2. The molecule has 1 heterocycles. The second kappa shape index (κ2) is 4.97. The second-order valence-electron chi connectivity index (χ2n) is 8.18. The first-order valence-electron chi connectivity index (χ1n) is 8.40. The summed E-state index contributed by atoms with van der Waals surface area (Å²) < 4.78 is 11.3. The van der Waals surface area contributed by atoms with Gasteiger partial charge in [-0.3, -0.25) is 0 Å². The third-order valence-corrected chi connectivity index (χ3v) is 5.23. The number of benzene rings is 1. The topological polar surface area (TPSA) is 30.5 Å². The van der Waals surface area contributed by atoms with Crippen LogP contribution in [0, 0.1) is 5.41 Å². The highest BCUT2D eigenvalue weighted by Gasteiger charge is 2.67. The maximum Gasteiger partial charge on any atom is 0.196 e. The molecular weight excluding hydrogens is 274 g/mol. The van der Waals surface area contributed by atoms with Crippen molar-refractivity contribution in [2.24, 2.45) is 5.41 Å². The fourth-order valence-electron chi connectivity index (χ4n) is 4.26. The highest BCUT2D eigenvalue weighted by atomic mass is 16.7. The van der Waals surface area contributed by atoms with Crippen molar-refractivity contribution in [3.8, 4) is 5.75 Å². The second-order valence-corrected chi connectivity index (χ2v) is 8.18. The maximum absolute atomic E-state index is 5.87. The lowest BCUT2D eigenvalue weighted by molar-refractivity contribution is -0.0621. The number of rotatable bonds is 5. The van der Waals surface area contributed by atoms with Crippen molar-refractivity contribution in [2.75, 3.05) is 13.2 Å². The summed E-state index contributed by atoms with van der Waals surface area (Å²) in [5.41, 5.74) is 3.60. The van der Waals surface area contributed by atoms with Crippen LogP contribution in [0.25, 0.3) is 0 Å². The molecule has 22 heavy (non-hydrogen) atoms. The Hall–Kier alpha value is -1.06. The van der Waals surface area contributed by atoms with Gasteiger partial charge in [-0.05, 0) is 48.9 Å². The fraction of sp³-hybridized carbons (Fsp3) is 0.684. The summed E-state index contributed by atoms with van der Waals surface area (Å²) in [4.78, 5) is 0. The lowest BCUT2D eigenvalue weighted by atomic mass is 9.44. The minimum Gasteiger partial charge on any atom is -0.465 e. The lowest BCUT2D eigenvalue weighted by Crippen LogP contribution is -2.78. The molecule has 3 atom stereocenters. The molecule has 0 spiro atoms. The van der Waals surface area contributed by atoms with Crippen LogP contribution in [0.1, 0.15) is 59.1 Å². The Bertz CT molecular complexity index is 577. The van der Waals surface area contributed by atoms with Gasteiger partial charge in [-0.2, -0.15) is 0 Å². The average molecular weight is 303 g/mol. The van der Waals surface area contributed by atoms with Crippen molar-refractivity contribution in [2.45, 2.75) is 65.2 Å². The van der Waals surface area contributed by atoms with Gasteiger partial charge in [-0.25, -0.2) is 0 Å². The van der Waals surface area contributed by atoms with Crippen molar-refractivity contribution in [3.05, 3.63) is 29.3 Å². The van der Waals surface area contributed by atoms with Gasteiger partial charge in [0.25, 0.3) is 0 Å². The molecule has 0 aromatic heterocycles. The Balaban J connectivity index is 1.85. The van der Waals surface area contributed by atoms with Gasteiger partial charge < -0.3 is 14.8 Å². The smallest absolute Gasteiger partial charge is 0.196 e. The van der Waals surface area contributed by atoms with Crippen LogP contribution >= 0.6 is 0 Å². The van der Waals surface area contributed by atoms with Gasteiger partial charge in [-0.1, -0.05) is 33.8 Å². The van der Waals surface area contributed by atoms with Crippen LogP contribution in [0.3, 0.4) is 0 Å². The van der Waals surface area contributed by atoms with Crippen LogP contribution in [0.15, 0.2) is 18.2 Å². The molecule has 1 N–H and O–H groups in total. The standard InChI is InChI=1S/C19H29NO2/c1-7-21-13(2)22-14-8-9-15-16(10-14)18(6)12-20-19(15,18)11-17(3,4)5/h8-10,13,20H,7,11-12H2,1-6H3. The molecule has 1 aromatic carbocycles. The van der Waals surface area contributed by atoms with Crippen LogP contribution in [0.4, 0.5) is 0 Å². The van der Waals surface area contributed by atoms with Gasteiger partial charge in [0.2, 0.25) is 0 Å². The summed E-state index contributed by atoms with van der Waals surface area (Å²) in [5, 5.41) is 3.73. The molecule has 0 radical (unpaired) electrons. The summed E-state index contributed by atoms with van der Waals surface area (Å²) >= 11 is 0. The van der Waals surface area contributed by atoms with Gasteiger partial charge in [0.1, 0.15) is 5.75 Å². The Kier molecular flexibility index (Phi) is 3.57. The summed E-state index contributed by atoms with van der Waals surface area (Å²) in [6.07, 6.45) is 0.966. The van der Waals surface area contributed by atoms with Gasteiger partial charge in [0.15, 0.2) is 6.29 Å². The number of hydrogen-bond acceptors (Lipinski definition) is 3. The molecule has 3 heteroatoms. The third kappa shape index (κ3) is 2.17. The highest BCUT2D eigenvalue weighted by Crippen LogP contribution is 2.63. The molecule has 3 nitrogen and oxygen atoms in total. The number of fused-ring (bicyclic) bond motifs is 4. The van der Waals surface area contributed by atoms with Crippen LogP contribution in [0.2, 0.25) is 0 Å². The van der Waals surface area contributed by atoms with Crippen molar-refractivity contribution >= 4 is 0 Å². The van der Waals surface area contributed by atoms with Crippen LogP contribution in [-0.2, 0) is 15.7 Å². The van der Waals surface area contributed by atoms with Crippen LogP contribution in [-0.4, -0.2) is 19.4 Å². The summed E-state index contributed by atoms with van der Waals surface area (Å²) in [7, 11) is 0. The quantitative estimate of drug-likeness (QED) is 0.835. The Morgan fingerprint density at radius 3 is 2.55 bits per heavy atom. The summed E-state index contributed by atoms with van der Waals surface area (Å²) in [6.45, 7) is 15.0. The molecule has 0 bridgehead atoms. The molecule has 0 saturated carbocycles. The third-order valence-electron chi connectivity index (χ3n) is 5.23.